The van der Waals surface area contributed by atoms with Crippen molar-refractivity contribution in [2.75, 3.05) is 50.1 Å². The Balaban J connectivity index is 1.37. The quantitative estimate of drug-likeness (QED) is 0.231. The van der Waals surface area contributed by atoms with E-state index in [2.05, 4.69) is 21.8 Å². The third-order valence-corrected chi connectivity index (χ3v) is 11.3. The lowest BCUT2D eigenvalue weighted by Crippen LogP contribution is -2.47. The zero-order valence-corrected chi connectivity index (χ0v) is 26.7. The van der Waals surface area contributed by atoms with Gasteiger partial charge in [-0.3, -0.25) is 4.90 Å². The molecular weight excluding hydrogens is 660 g/mol. The number of anilines is 2. The molecule has 4 aromatic rings. The first kappa shape index (κ1) is 30.7. The molecule has 0 saturated carbocycles. The molecule has 4 aliphatic heterocycles. The fraction of sp³-hybridized carbons (Fsp3) is 0.469. The van der Waals surface area contributed by atoms with Gasteiger partial charge in [0.25, 0.3) is 6.43 Å². The van der Waals surface area contributed by atoms with E-state index in [-0.39, 0.29) is 90.6 Å². The minimum absolute atomic E-state index is 0.00652. The van der Waals surface area contributed by atoms with Crippen LogP contribution in [0.5, 0.6) is 11.8 Å². The van der Waals surface area contributed by atoms with Crippen LogP contribution < -0.4 is 20.1 Å². The summed E-state index contributed by atoms with van der Waals surface area (Å²) in [5.41, 5.74) is 5.47. The van der Waals surface area contributed by atoms with E-state index in [1.807, 2.05) is 6.07 Å². The summed E-state index contributed by atoms with van der Waals surface area (Å²) >= 11 is 7.85. The Labute approximate surface area is 275 Å². The van der Waals surface area contributed by atoms with Crippen molar-refractivity contribution >= 4 is 54.7 Å². The molecule has 2 aromatic carbocycles. The van der Waals surface area contributed by atoms with Gasteiger partial charge in [-0.1, -0.05) is 24.6 Å². The number of halogens is 5. The number of nitrogens with two attached hydrogens (primary N) is 1. The van der Waals surface area contributed by atoms with E-state index < -0.39 is 36.8 Å². The SMILES string of the molecule is C[C@H]1CN2CCC[C@@]2(COc2nc3c4c(c(Cl)c(-c5ccc(F)c6sc(N)c(C#N)c56)c(F)c4n2)OC2COCC2N3CC(F)F)C1. The number of hydrogen-bond donors (Lipinski definition) is 1. The highest BCUT2D eigenvalue weighted by Crippen LogP contribution is 2.52. The lowest BCUT2D eigenvalue weighted by molar-refractivity contribution is 0.107. The second-order valence-electron chi connectivity index (χ2n) is 12.8. The van der Waals surface area contributed by atoms with E-state index in [1.54, 1.807) is 0 Å². The van der Waals surface area contributed by atoms with E-state index in [0.29, 0.717) is 5.92 Å². The fourth-order valence-corrected chi connectivity index (χ4v) is 9.26. The smallest absolute Gasteiger partial charge is 0.319 e. The summed E-state index contributed by atoms with van der Waals surface area (Å²) in [6.07, 6.45) is -0.653. The molecule has 3 saturated heterocycles. The van der Waals surface area contributed by atoms with Crippen LogP contribution >= 0.6 is 22.9 Å². The third kappa shape index (κ3) is 4.68. The Hall–Kier alpha value is -3.64. The van der Waals surface area contributed by atoms with Crippen LogP contribution in [0.3, 0.4) is 0 Å². The summed E-state index contributed by atoms with van der Waals surface area (Å²) in [5.74, 6) is -1.12. The van der Waals surface area contributed by atoms with Crippen molar-refractivity contribution in [3.8, 4) is 29.0 Å². The monoisotopic (exact) mass is 688 g/mol. The van der Waals surface area contributed by atoms with E-state index in [1.165, 1.54) is 11.0 Å². The largest absolute Gasteiger partial charge is 0.483 e. The summed E-state index contributed by atoms with van der Waals surface area (Å²) in [4.78, 5) is 12.9. The number of aromatic nitrogens is 2. The highest BCUT2D eigenvalue weighted by molar-refractivity contribution is 7.23. The molecule has 15 heteroatoms. The number of nitrogen functional groups attached to an aromatic ring is 1. The van der Waals surface area contributed by atoms with Gasteiger partial charge in [-0.15, -0.1) is 11.3 Å². The highest BCUT2D eigenvalue weighted by Gasteiger charge is 2.48. The van der Waals surface area contributed by atoms with Crippen molar-refractivity contribution in [2.45, 2.75) is 50.3 Å². The van der Waals surface area contributed by atoms with Gasteiger partial charge < -0.3 is 24.8 Å². The maximum atomic E-state index is 17.1. The molecule has 0 spiro atoms. The van der Waals surface area contributed by atoms with Gasteiger partial charge in [0, 0.05) is 17.5 Å². The van der Waals surface area contributed by atoms with Crippen molar-refractivity contribution in [3.05, 3.63) is 34.4 Å². The number of rotatable bonds is 6. The number of hydrogen-bond acceptors (Lipinski definition) is 10. The van der Waals surface area contributed by atoms with Crippen LogP contribution in [0.1, 0.15) is 31.7 Å². The molecule has 47 heavy (non-hydrogen) atoms. The highest BCUT2D eigenvalue weighted by atomic mass is 35.5. The van der Waals surface area contributed by atoms with Gasteiger partial charge in [-0.2, -0.15) is 15.2 Å². The molecule has 0 amide bonds. The van der Waals surface area contributed by atoms with Gasteiger partial charge in [0.1, 0.15) is 40.9 Å². The lowest BCUT2D eigenvalue weighted by atomic mass is 9.92. The van der Waals surface area contributed by atoms with E-state index in [9.17, 15) is 18.4 Å². The maximum Gasteiger partial charge on any atom is 0.319 e. The van der Waals surface area contributed by atoms with Crippen LogP contribution in [0.25, 0.3) is 32.1 Å². The van der Waals surface area contributed by atoms with Crippen LogP contribution in [0.2, 0.25) is 5.02 Å². The molecule has 6 heterocycles. The summed E-state index contributed by atoms with van der Waals surface area (Å²) in [6, 6.07) is 3.60. The lowest BCUT2D eigenvalue weighted by Gasteiger charge is -2.32. The molecule has 0 bridgehead atoms. The molecule has 0 radical (unpaired) electrons. The van der Waals surface area contributed by atoms with Crippen molar-refractivity contribution in [1.29, 1.82) is 5.26 Å². The fourth-order valence-electron chi connectivity index (χ4n) is 7.99. The molecule has 2 unspecified atom stereocenters. The summed E-state index contributed by atoms with van der Waals surface area (Å²) in [6.45, 7) is 3.73. The number of thiophene rings is 1. The first-order valence-electron chi connectivity index (χ1n) is 15.4. The third-order valence-electron chi connectivity index (χ3n) is 9.89. The molecule has 8 rings (SSSR count). The van der Waals surface area contributed by atoms with Crippen LogP contribution in [-0.2, 0) is 4.74 Å². The van der Waals surface area contributed by atoms with Crippen molar-refractivity contribution in [1.82, 2.24) is 14.9 Å². The molecule has 3 fully saturated rings. The Bertz CT molecular complexity index is 1990. The molecular formula is C32H29ClF4N6O3S. The minimum Gasteiger partial charge on any atom is -0.483 e. The van der Waals surface area contributed by atoms with E-state index in [4.69, 9.17) is 31.5 Å². The van der Waals surface area contributed by atoms with Crippen LogP contribution in [-0.4, -0.2) is 78.4 Å². The average Bonchev–Trinajstić information content (AvgIpc) is 3.78. The molecule has 4 atom stereocenters. The standard InChI is InChI=1S/C32H29ClF4N6O3S/c1-14-7-32(5-2-6-42(32)9-14)13-45-31-40-26-23-27(46-19-12-44-11-18(19)43(10-20(35)36)30(23)41-31)24(33)22(25(26)37)15-3-4-17(34)28-21(15)16(8-38)29(39)47-28/h3-4,14,18-20H,2,5-7,9-13,39H2,1H3/t14-,18?,19?,32+/m1/s1. The Kier molecular flexibility index (Phi) is 7.32. The first-order chi connectivity index (χ1) is 22.6. The number of nitriles is 1. The van der Waals surface area contributed by atoms with Crippen molar-refractivity contribution in [3.63, 3.8) is 0 Å². The second kappa shape index (κ2) is 11.2. The van der Waals surface area contributed by atoms with E-state index in [0.717, 1.165) is 49.8 Å². The molecule has 9 nitrogen and oxygen atoms in total. The molecule has 4 aliphatic rings. The molecule has 2 aromatic heterocycles. The zero-order valence-electron chi connectivity index (χ0n) is 25.2. The van der Waals surface area contributed by atoms with Gasteiger partial charge in [0.15, 0.2) is 11.6 Å². The Morgan fingerprint density at radius 2 is 2.09 bits per heavy atom. The predicted octanol–water partition coefficient (Wildman–Crippen LogP) is 6.38. The zero-order chi connectivity index (χ0) is 32.8. The second-order valence-corrected chi connectivity index (χ2v) is 14.2. The van der Waals surface area contributed by atoms with Crippen LogP contribution in [0.4, 0.5) is 28.4 Å². The summed E-state index contributed by atoms with van der Waals surface area (Å²) < 4.78 is 78.7. The topological polar surface area (TPSA) is 110 Å². The number of benzene rings is 2. The molecule has 2 N–H and O–H groups in total. The predicted molar refractivity (Wildman–Crippen MR) is 170 cm³/mol. The van der Waals surface area contributed by atoms with Gasteiger partial charge in [0.2, 0.25) is 0 Å². The van der Waals surface area contributed by atoms with E-state index >= 15 is 4.39 Å². The minimum atomic E-state index is -2.77. The Morgan fingerprint density at radius 1 is 1.26 bits per heavy atom. The normalized spacial score (nSPS) is 25.3. The van der Waals surface area contributed by atoms with Crippen molar-refractivity contribution in [2.24, 2.45) is 5.92 Å². The number of alkyl halides is 2. The molecule has 246 valence electrons. The molecule has 0 aliphatic carbocycles. The first-order valence-corrected chi connectivity index (χ1v) is 16.6. The van der Waals surface area contributed by atoms with Crippen molar-refractivity contribution < 1.29 is 31.8 Å². The van der Waals surface area contributed by atoms with Gasteiger partial charge >= 0.3 is 6.01 Å². The maximum absolute atomic E-state index is 17.1. The van der Waals surface area contributed by atoms with Crippen LogP contribution in [0.15, 0.2) is 12.1 Å². The van der Waals surface area contributed by atoms with Gasteiger partial charge in [-0.05, 0) is 43.4 Å². The number of ether oxygens (including phenoxy) is 3. The number of nitrogens with zero attached hydrogens (tertiary/aromatic N) is 5. The Morgan fingerprint density at radius 3 is 2.87 bits per heavy atom. The van der Waals surface area contributed by atoms with Crippen LogP contribution in [0, 0.1) is 28.9 Å². The number of fused-ring (bicyclic) bond motifs is 3. The average molecular weight is 689 g/mol. The summed E-state index contributed by atoms with van der Waals surface area (Å²) in [7, 11) is 0. The summed E-state index contributed by atoms with van der Waals surface area (Å²) in [5, 5.41) is 9.88. The van der Waals surface area contributed by atoms with Gasteiger partial charge in [-0.25, -0.2) is 17.6 Å². The van der Waals surface area contributed by atoms with Gasteiger partial charge in [0.05, 0.1) is 52.0 Å².